The van der Waals surface area contributed by atoms with Crippen LogP contribution in [0.1, 0.15) is 254 Å². The smallest absolute Gasteiger partial charge is 0.331 e. The summed E-state index contributed by atoms with van der Waals surface area (Å²) in [6.07, 6.45) is 57.5. The first-order valence-corrected chi connectivity index (χ1v) is 26.4. The Hall–Kier alpha value is -3.01. The van der Waals surface area contributed by atoms with E-state index in [9.17, 15) is 14.4 Å². The Morgan fingerprint density at radius 3 is 1.60 bits per heavy atom. The van der Waals surface area contributed by atoms with Gasteiger partial charge < -0.3 is 4.74 Å². The third-order valence-electron chi connectivity index (χ3n) is 12.9. The van der Waals surface area contributed by atoms with Crippen LogP contribution in [0, 0.1) is 11.3 Å². The van der Waals surface area contributed by atoms with Crippen molar-refractivity contribution in [3.63, 3.8) is 0 Å². The Bertz CT molecular complexity index is 1430. The second kappa shape index (κ2) is 39.4. The summed E-state index contributed by atoms with van der Waals surface area (Å²) in [5.74, 6) is -0.884. The van der Waals surface area contributed by atoms with E-state index in [2.05, 4.69) is 84.1 Å². The number of carbonyl (C=O) groups is 3. The maximum absolute atomic E-state index is 13.5. The zero-order chi connectivity index (χ0) is 46.2. The van der Waals surface area contributed by atoms with Crippen molar-refractivity contribution in [2.45, 2.75) is 254 Å². The molecule has 358 valence electrons. The minimum Gasteiger partial charge on any atom is -0.462 e. The fraction of sp³-hybridized carbons (Fsp3) is 0.712. The predicted octanol–water partition coefficient (Wildman–Crippen LogP) is 18.3. The van der Waals surface area contributed by atoms with Crippen molar-refractivity contribution < 1.29 is 19.1 Å². The first-order chi connectivity index (χ1) is 30.5. The Labute approximate surface area is 390 Å². The molecule has 1 atom stereocenters. The van der Waals surface area contributed by atoms with E-state index in [1.54, 1.807) is 0 Å². The standard InChI is InChI=1S/C59H98O4/c1-8-10-12-14-16-18-20-22-24-26-28-30-32-34-36-43-55(60)49-54(57(61)44-37-35-33-31-29-27-25-23-21-19-17-15-13-11-9-2)50-63-58(62)48-52(4)41-38-40-51(3)45-46-56-53(5)42-39-47-59(56,6)7/h22-25,38,40-41,45-46,48,54H,8-21,26-37,39,42-44,47,49-50H2,1-7H3/b24-22-,25-23-,41-38+,46-45+,51-40-,52-48-. The Morgan fingerprint density at radius 1 is 0.619 bits per heavy atom. The molecule has 63 heavy (non-hydrogen) atoms. The van der Waals surface area contributed by atoms with Gasteiger partial charge in [-0.25, -0.2) is 4.79 Å². The molecule has 1 unspecified atom stereocenters. The van der Waals surface area contributed by atoms with Crippen LogP contribution in [-0.4, -0.2) is 24.1 Å². The maximum Gasteiger partial charge on any atom is 0.331 e. The molecule has 4 nitrogen and oxygen atoms in total. The average molecular weight is 871 g/mol. The zero-order valence-corrected chi connectivity index (χ0v) is 42.3. The molecule has 0 spiro atoms. The minimum atomic E-state index is -0.573. The van der Waals surface area contributed by atoms with Gasteiger partial charge in [-0.05, 0) is 121 Å². The number of Topliss-reactive ketones (excluding diaryl/α,β-unsaturated/α-hetero) is 2. The van der Waals surface area contributed by atoms with E-state index in [4.69, 9.17) is 4.74 Å². The molecule has 0 saturated carbocycles. The molecule has 0 heterocycles. The van der Waals surface area contributed by atoms with Crippen molar-refractivity contribution in [3.05, 3.63) is 83.1 Å². The monoisotopic (exact) mass is 871 g/mol. The highest BCUT2D eigenvalue weighted by Gasteiger charge is 2.26. The quantitative estimate of drug-likeness (QED) is 0.0202. The minimum absolute atomic E-state index is 0.0379. The lowest BCUT2D eigenvalue weighted by molar-refractivity contribution is -0.142. The fourth-order valence-electron chi connectivity index (χ4n) is 8.70. The molecular weight excluding hydrogens is 773 g/mol. The van der Waals surface area contributed by atoms with Gasteiger partial charge in [-0.3, -0.25) is 9.59 Å². The van der Waals surface area contributed by atoms with Gasteiger partial charge in [0.05, 0.1) is 5.92 Å². The van der Waals surface area contributed by atoms with Crippen LogP contribution in [0.25, 0.3) is 0 Å². The summed E-state index contributed by atoms with van der Waals surface area (Å²) in [6, 6.07) is 0. The van der Waals surface area contributed by atoms with Crippen LogP contribution in [0.5, 0.6) is 0 Å². The molecule has 0 saturated heterocycles. The van der Waals surface area contributed by atoms with Crippen molar-refractivity contribution in [2.24, 2.45) is 11.3 Å². The molecule has 1 aliphatic carbocycles. The SMILES string of the molecule is CCCCCCCC/C=C\CCCCCCCC(=O)CC(COC(=O)\C=C(C)/C=C/C=C(C)\C=C\C1=C(C)CCCC1(C)C)C(=O)CCCCCCC/C=C\CCCCCCCC. The van der Waals surface area contributed by atoms with Crippen LogP contribution in [0.4, 0.5) is 0 Å². The van der Waals surface area contributed by atoms with Gasteiger partial charge in [-0.15, -0.1) is 0 Å². The summed E-state index contributed by atoms with van der Waals surface area (Å²) in [5.41, 5.74) is 5.05. The Kier molecular flexibility index (Phi) is 36.2. The Morgan fingerprint density at radius 2 is 1.10 bits per heavy atom. The van der Waals surface area contributed by atoms with E-state index in [0.717, 1.165) is 62.5 Å². The topological polar surface area (TPSA) is 60.4 Å². The molecule has 0 aromatic heterocycles. The number of unbranched alkanes of at least 4 members (excludes halogenated alkanes) is 22. The van der Waals surface area contributed by atoms with Gasteiger partial charge in [0.2, 0.25) is 0 Å². The number of esters is 1. The van der Waals surface area contributed by atoms with Crippen molar-refractivity contribution in [1.82, 2.24) is 0 Å². The van der Waals surface area contributed by atoms with Crippen LogP contribution in [-0.2, 0) is 19.1 Å². The van der Waals surface area contributed by atoms with Gasteiger partial charge in [0, 0.05) is 25.3 Å². The van der Waals surface area contributed by atoms with E-state index in [-0.39, 0.29) is 30.0 Å². The molecule has 0 amide bonds. The van der Waals surface area contributed by atoms with E-state index in [1.807, 2.05) is 19.1 Å². The summed E-state index contributed by atoms with van der Waals surface area (Å²) < 4.78 is 5.65. The van der Waals surface area contributed by atoms with E-state index < -0.39 is 11.9 Å². The number of rotatable bonds is 40. The second-order valence-electron chi connectivity index (χ2n) is 19.6. The molecule has 0 radical (unpaired) electrons. The molecular formula is C59H98O4. The van der Waals surface area contributed by atoms with Crippen molar-refractivity contribution in [3.8, 4) is 0 Å². The molecule has 0 N–H and O–H groups in total. The number of ketones is 2. The fourth-order valence-corrected chi connectivity index (χ4v) is 8.70. The lowest BCUT2D eigenvalue weighted by atomic mass is 9.72. The summed E-state index contributed by atoms with van der Waals surface area (Å²) in [7, 11) is 0. The third kappa shape index (κ3) is 33.2. The van der Waals surface area contributed by atoms with Crippen LogP contribution in [0.3, 0.4) is 0 Å². The number of allylic oxidation sites excluding steroid dienone is 13. The highest BCUT2D eigenvalue weighted by Crippen LogP contribution is 2.40. The van der Waals surface area contributed by atoms with Crippen molar-refractivity contribution in [2.75, 3.05) is 6.61 Å². The number of carbonyl (C=O) groups excluding carboxylic acids is 3. The van der Waals surface area contributed by atoms with Gasteiger partial charge >= 0.3 is 5.97 Å². The molecule has 0 aromatic rings. The predicted molar refractivity (Wildman–Crippen MR) is 274 cm³/mol. The molecule has 4 heteroatoms. The van der Waals surface area contributed by atoms with Gasteiger partial charge in [0.1, 0.15) is 18.2 Å². The molecule has 0 bridgehead atoms. The van der Waals surface area contributed by atoms with Crippen LogP contribution in [0.2, 0.25) is 0 Å². The zero-order valence-electron chi connectivity index (χ0n) is 42.3. The van der Waals surface area contributed by atoms with E-state index in [0.29, 0.717) is 12.8 Å². The van der Waals surface area contributed by atoms with Crippen LogP contribution < -0.4 is 0 Å². The van der Waals surface area contributed by atoms with Crippen LogP contribution >= 0.6 is 0 Å². The van der Waals surface area contributed by atoms with Gasteiger partial charge in [-0.2, -0.15) is 0 Å². The lowest BCUT2D eigenvalue weighted by Crippen LogP contribution is -2.25. The van der Waals surface area contributed by atoms with Crippen molar-refractivity contribution >= 4 is 17.5 Å². The van der Waals surface area contributed by atoms with E-state index in [1.165, 1.54) is 152 Å². The lowest BCUT2D eigenvalue weighted by Gasteiger charge is -2.32. The maximum atomic E-state index is 13.5. The second-order valence-corrected chi connectivity index (χ2v) is 19.6. The van der Waals surface area contributed by atoms with Crippen molar-refractivity contribution in [1.29, 1.82) is 0 Å². The number of hydrogen-bond donors (Lipinski definition) is 0. The Balaban J connectivity index is 2.58. The highest BCUT2D eigenvalue weighted by atomic mass is 16.5. The molecule has 1 aliphatic rings. The molecule has 0 aliphatic heterocycles. The summed E-state index contributed by atoms with van der Waals surface area (Å²) in [5, 5.41) is 0. The van der Waals surface area contributed by atoms with Gasteiger partial charge in [0.15, 0.2) is 0 Å². The van der Waals surface area contributed by atoms with Gasteiger partial charge in [-0.1, -0.05) is 196 Å². The summed E-state index contributed by atoms with van der Waals surface area (Å²) in [6.45, 7) is 15.4. The number of hydrogen-bond acceptors (Lipinski definition) is 4. The average Bonchev–Trinajstić information content (AvgIpc) is 3.24. The van der Waals surface area contributed by atoms with Crippen LogP contribution in [0.15, 0.2) is 83.1 Å². The first-order valence-electron chi connectivity index (χ1n) is 26.4. The molecule has 1 rings (SSSR count). The highest BCUT2D eigenvalue weighted by molar-refractivity contribution is 5.89. The largest absolute Gasteiger partial charge is 0.462 e. The van der Waals surface area contributed by atoms with Gasteiger partial charge in [0.25, 0.3) is 0 Å². The normalized spacial score (nSPS) is 15.5. The third-order valence-corrected chi connectivity index (χ3v) is 12.9. The summed E-state index contributed by atoms with van der Waals surface area (Å²) in [4.78, 5) is 39.5. The molecule has 0 aromatic carbocycles. The molecule has 0 fully saturated rings. The summed E-state index contributed by atoms with van der Waals surface area (Å²) >= 11 is 0. The first kappa shape index (κ1) is 58.0. The van der Waals surface area contributed by atoms with E-state index >= 15 is 0 Å². The number of ether oxygens (including phenoxy) is 1.